The van der Waals surface area contributed by atoms with Crippen molar-refractivity contribution in [1.82, 2.24) is 9.97 Å². The smallest absolute Gasteiger partial charge is 0.115 e. The fraction of sp³-hybridized carbons (Fsp3) is 0.429. The number of anilines is 1. The molecular formula is C14H17N3S. The van der Waals surface area contributed by atoms with Crippen molar-refractivity contribution < 1.29 is 0 Å². The summed E-state index contributed by atoms with van der Waals surface area (Å²) in [5.74, 6) is 0.740. The Morgan fingerprint density at radius 2 is 2.17 bits per heavy atom. The van der Waals surface area contributed by atoms with Crippen LogP contribution in [0.15, 0.2) is 24.5 Å². The summed E-state index contributed by atoms with van der Waals surface area (Å²) < 4.78 is 0. The summed E-state index contributed by atoms with van der Waals surface area (Å²) in [6, 6.07) is 4.49. The first-order valence-corrected chi connectivity index (χ1v) is 7.15. The van der Waals surface area contributed by atoms with Crippen LogP contribution in [-0.2, 0) is 0 Å². The number of aromatic nitrogens is 2. The molecule has 1 aliphatic carbocycles. The first-order chi connectivity index (χ1) is 8.72. The maximum atomic E-state index is 4.54. The molecule has 0 amide bonds. The van der Waals surface area contributed by atoms with Crippen LogP contribution in [0.25, 0.3) is 0 Å². The zero-order chi connectivity index (χ0) is 12.5. The van der Waals surface area contributed by atoms with Gasteiger partial charge in [0.1, 0.15) is 5.01 Å². The molecule has 1 aliphatic rings. The molecule has 0 radical (unpaired) electrons. The molecular weight excluding hydrogens is 242 g/mol. The molecule has 18 heavy (non-hydrogen) atoms. The zero-order valence-corrected chi connectivity index (χ0v) is 11.5. The Morgan fingerprint density at radius 3 is 2.78 bits per heavy atom. The summed E-state index contributed by atoms with van der Waals surface area (Å²) in [5.41, 5.74) is 2.19. The van der Waals surface area contributed by atoms with Gasteiger partial charge in [-0.15, -0.1) is 11.3 Å². The summed E-state index contributed by atoms with van der Waals surface area (Å²) in [6.07, 6.45) is 6.43. The predicted molar refractivity (Wildman–Crippen MR) is 74.9 cm³/mol. The van der Waals surface area contributed by atoms with Gasteiger partial charge in [-0.25, -0.2) is 4.98 Å². The van der Waals surface area contributed by atoms with Crippen molar-refractivity contribution in [2.24, 2.45) is 5.92 Å². The normalized spacial score (nSPS) is 16.6. The van der Waals surface area contributed by atoms with Gasteiger partial charge in [0.2, 0.25) is 0 Å². The molecule has 2 aromatic rings. The Hall–Kier alpha value is -1.42. The van der Waals surface area contributed by atoms with Crippen molar-refractivity contribution in [1.29, 1.82) is 0 Å². The van der Waals surface area contributed by atoms with Crippen molar-refractivity contribution in [2.75, 3.05) is 5.32 Å². The molecule has 1 saturated carbocycles. The van der Waals surface area contributed by atoms with E-state index in [1.165, 1.54) is 22.7 Å². The van der Waals surface area contributed by atoms with E-state index in [0.717, 1.165) is 17.3 Å². The number of rotatable bonds is 4. The molecule has 2 aromatic heterocycles. The highest BCUT2D eigenvalue weighted by Crippen LogP contribution is 2.43. The number of hydrogen-bond acceptors (Lipinski definition) is 4. The van der Waals surface area contributed by atoms with Gasteiger partial charge in [0, 0.05) is 28.7 Å². The van der Waals surface area contributed by atoms with Gasteiger partial charge in [0.25, 0.3) is 0 Å². The lowest BCUT2D eigenvalue weighted by Gasteiger charge is -2.17. The lowest BCUT2D eigenvalue weighted by molar-refractivity contribution is 0.673. The molecule has 1 fully saturated rings. The highest BCUT2D eigenvalue weighted by Gasteiger charge is 2.34. The summed E-state index contributed by atoms with van der Waals surface area (Å²) in [6.45, 7) is 4.13. The quantitative estimate of drug-likeness (QED) is 0.909. The van der Waals surface area contributed by atoms with E-state index in [1.54, 1.807) is 11.3 Å². The topological polar surface area (TPSA) is 37.8 Å². The van der Waals surface area contributed by atoms with E-state index in [0.29, 0.717) is 6.04 Å². The van der Waals surface area contributed by atoms with Gasteiger partial charge in [-0.3, -0.25) is 4.98 Å². The minimum atomic E-state index is 0.366. The van der Waals surface area contributed by atoms with E-state index >= 15 is 0 Å². The lowest BCUT2D eigenvalue weighted by atomic mass is 10.2. The van der Waals surface area contributed by atoms with Gasteiger partial charge in [-0.05, 0) is 44.7 Å². The van der Waals surface area contributed by atoms with Gasteiger partial charge in [0.05, 0.1) is 6.04 Å². The second-order valence-electron chi connectivity index (χ2n) is 4.95. The number of hydrogen-bond donors (Lipinski definition) is 1. The molecule has 4 heteroatoms. The SMILES string of the molecule is Cc1cc(NC(c2ncc(C)s2)C2CC2)ccn1. The first-order valence-electron chi connectivity index (χ1n) is 6.34. The van der Waals surface area contributed by atoms with E-state index in [-0.39, 0.29) is 0 Å². The molecule has 3 rings (SSSR count). The lowest BCUT2D eigenvalue weighted by Crippen LogP contribution is -2.12. The molecule has 0 spiro atoms. The Balaban J connectivity index is 1.83. The summed E-state index contributed by atoms with van der Waals surface area (Å²) in [4.78, 5) is 10.0. The largest absolute Gasteiger partial charge is 0.375 e. The van der Waals surface area contributed by atoms with Crippen LogP contribution < -0.4 is 5.32 Å². The van der Waals surface area contributed by atoms with Crippen molar-refractivity contribution in [2.45, 2.75) is 32.7 Å². The van der Waals surface area contributed by atoms with Gasteiger partial charge in [0.15, 0.2) is 0 Å². The number of aryl methyl sites for hydroxylation is 2. The second kappa shape index (κ2) is 4.69. The van der Waals surface area contributed by atoms with Crippen molar-refractivity contribution >= 4 is 17.0 Å². The molecule has 0 aromatic carbocycles. The monoisotopic (exact) mass is 259 g/mol. The average Bonchev–Trinajstić information content (AvgIpc) is 3.09. The van der Waals surface area contributed by atoms with E-state index < -0.39 is 0 Å². The zero-order valence-electron chi connectivity index (χ0n) is 10.7. The fourth-order valence-electron chi connectivity index (χ4n) is 2.14. The Labute approximate surface area is 111 Å². The van der Waals surface area contributed by atoms with Gasteiger partial charge >= 0.3 is 0 Å². The number of nitrogens with zero attached hydrogens (tertiary/aromatic N) is 2. The van der Waals surface area contributed by atoms with E-state index in [4.69, 9.17) is 0 Å². The molecule has 0 saturated heterocycles. The Morgan fingerprint density at radius 1 is 1.33 bits per heavy atom. The highest BCUT2D eigenvalue weighted by molar-refractivity contribution is 7.11. The van der Waals surface area contributed by atoms with Gasteiger partial charge in [-0.1, -0.05) is 0 Å². The molecule has 1 N–H and O–H groups in total. The predicted octanol–water partition coefficient (Wildman–Crippen LogP) is 3.72. The molecule has 1 atom stereocenters. The molecule has 0 bridgehead atoms. The maximum absolute atomic E-state index is 4.54. The summed E-state index contributed by atoms with van der Waals surface area (Å²) in [5, 5.41) is 4.83. The van der Waals surface area contributed by atoms with Crippen molar-refractivity contribution in [3.05, 3.63) is 40.1 Å². The standard InChI is InChI=1S/C14H17N3S/c1-9-7-12(5-6-15-9)17-13(11-3-4-11)14-16-8-10(2)18-14/h5-8,11,13H,3-4H2,1-2H3,(H,15,17). The van der Waals surface area contributed by atoms with Crippen LogP contribution in [0.2, 0.25) is 0 Å². The molecule has 2 heterocycles. The summed E-state index contributed by atoms with van der Waals surface area (Å²) in [7, 11) is 0. The average molecular weight is 259 g/mol. The van der Waals surface area contributed by atoms with Crippen LogP contribution in [0, 0.1) is 19.8 Å². The molecule has 0 aliphatic heterocycles. The van der Waals surface area contributed by atoms with E-state index in [2.05, 4.69) is 28.3 Å². The minimum absolute atomic E-state index is 0.366. The van der Waals surface area contributed by atoms with Crippen molar-refractivity contribution in [3.8, 4) is 0 Å². The van der Waals surface area contributed by atoms with Crippen molar-refractivity contribution in [3.63, 3.8) is 0 Å². The van der Waals surface area contributed by atoms with E-state index in [1.807, 2.05) is 25.4 Å². The Kier molecular flexibility index (Phi) is 3.04. The second-order valence-corrected chi connectivity index (χ2v) is 6.22. The molecule has 94 valence electrons. The fourth-order valence-corrected chi connectivity index (χ4v) is 3.06. The van der Waals surface area contributed by atoms with Gasteiger partial charge in [-0.2, -0.15) is 0 Å². The van der Waals surface area contributed by atoms with Gasteiger partial charge < -0.3 is 5.32 Å². The summed E-state index contributed by atoms with van der Waals surface area (Å²) >= 11 is 1.80. The van der Waals surface area contributed by atoms with Crippen LogP contribution in [0.3, 0.4) is 0 Å². The third kappa shape index (κ3) is 2.53. The van der Waals surface area contributed by atoms with Crippen LogP contribution in [-0.4, -0.2) is 9.97 Å². The molecule has 1 unspecified atom stereocenters. The molecule has 3 nitrogen and oxygen atoms in total. The third-order valence-corrected chi connectivity index (χ3v) is 4.21. The van der Waals surface area contributed by atoms with E-state index in [9.17, 15) is 0 Å². The Bertz CT molecular complexity index is 545. The maximum Gasteiger partial charge on any atom is 0.115 e. The van der Waals surface area contributed by atoms with Crippen LogP contribution in [0.4, 0.5) is 5.69 Å². The van der Waals surface area contributed by atoms with Crippen LogP contribution in [0.5, 0.6) is 0 Å². The number of thiazole rings is 1. The van der Waals surface area contributed by atoms with Crippen LogP contribution in [0.1, 0.15) is 34.5 Å². The number of nitrogens with one attached hydrogen (secondary N) is 1. The first kappa shape index (κ1) is 11.7. The van der Waals surface area contributed by atoms with Crippen LogP contribution >= 0.6 is 11.3 Å². The number of pyridine rings is 1. The highest BCUT2D eigenvalue weighted by atomic mass is 32.1. The minimum Gasteiger partial charge on any atom is -0.375 e. The third-order valence-electron chi connectivity index (χ3n) is 3.22.